The lowest BCUT2D eigenvalue weighted by molar-refractivity contribution is -0.136. The second-order valence-electron chi connectivity index (χ2n) is 7.70. The summed E-state index contributed by atoms with van der Waals surface area (Å²) in [4.78, 5) is 42.4. The highest BCUT2D eigenvalue weighted by Crippen LogP contribution is 2.31. The molecule has 7 heteroatoms. The minimum Gasteiger partial charge on any atom is -0.369 e. The highest BCUT2D eigenvalue weighted by molar-refractivity contribution is 5.85. The fraction of sp³-hybridized carbons (Fsp3) is 0.824. The number of amides is 4. The van der Waals surface area contributed by atoms with Gasteiger partial charge in [0, 0.05) is 39.3 Å². The van der Waals surface area contributed by atoms with Gasteiger partial charge in [-0.25, -0.2) is 4.79 Å². The van der Waals surface area contributed by atoms with E-state index in [1.165, 1.54) is 0 Å². The summed E-state index contributed by atoms with van der Waals surface area (Å²) in [6, 6.07) is 0.0772. The van der Waals surface area contributed by atoms with Crippen molar-refractivity contribution in [2.75, 3.05) is 39.3 Å². The van der Waals surface area contributed by atoms with Crippen LogP contribution in [0, 0.1) is 11.3 Å². The molecule has 0 spiro atoms. The number of primary amides is 1. The Labute approximate surface area is 143 Å². The molecule has 3 aliphatic rings. The molecule has 0 unspecified atom stereocenters. The van der Waals surface area contributed by atoms with Gasteiger partial charge in [0.2, 0.25) is 11.8 Å². The molecule has 0 aliphatic carbocycles. The van der Waals surface area contributed by atoms with E-state index in [2.05, 4.69) is 0 Å². The molecule has 0 aromatic heterocycles. The van der Waals surface area contributed by atoms with Crippen LogP contribution in [0.4, 0.5) is 4.79 Å². The Hall–Kier alpha value is -1.79. The number of piperidine rings is 1. The number of urea groups is 1. The quantitative estimate of drug-likeness (QED) is 0.803. The maximum absolute atomic E-state index is 12.8. The molecule has 3 aliphatic heterocycles. The van der Waals surface area contributed by atoms with Gasteiger partial charge in [-0.3, -0.25) is 9.59 Å². The minimum atomic E-state index is -0.616. The van der Waals surface area contributed by atoms with Crippen molar-refractivity contribution < 1.29 is 14.4 Å². The summed E-state index contributed by atoms with van der Waals surface area (Å²) >= 11 is 0. The van der Waals surface area contributed by atoms with E-state index < -0.39 is 5.41 Å². The summed E-state index contributed by atoms with van der Waals surface area (Å²) < 4.78 is 0. The molecule has 2 N–H and O–H groups in total. The van der Waals surface area contributed by atoms with Gasteiger partial charge in [-0.15, -0.1) is 0 Å². The predicted molar refractivity (Wildman–Crippen MR) is 89.0 cm³/mol. The Balaban J connectivity index is 1.59. The van der Waals surface area contributed by atoms with Crippen LogP contribution in [0.3, 0.4) is 0 Å². The molecule has 3 heterocycles. The molecule has 0 saturated carbocycles. The maximum atomic E-state index is 12.8. The number of carbonyl (C=O) groups excluding carboxylic acids is 3. The molecular formula is C17H28N4O3. The summed E-state index contributed by atoms with van der Waals surface area (Å²) in [7, 11) is 0. The first-order valence-corrected chi connectivity index (χ1v) is 9.03. The van der Waals surface area contributed by atoms with Crippen LogP contribution >= 0.6 is 0 Å². The third-order valence-electron chi connectivity index (χ3n) is 5.80. The van der Waals surface area contributed by atoms with Gasteiger partial charge in [-0.05, 0) is 39.0 Å². The number of carbonyl (C=O) groups is 3. The Kier molecular flexibility index (Phi) is 4.69. The first kappa shape index (κ1) is 17.0. The number of nitrogens with zero attached hydrogens (tertiary/aromatic N) is 3. The molecule has 4 amide bonds. The van der Waals surface area contributed by atoms with Crippen LogP contribution in [0.2, 0.25) is 0 Å². The van der Waals surface area contributed by atoms with Crippen molar-refractivity contribution >= 4 is 17.8 Å². The Morgan fingerprint density at radius 3 is 2.25 bits per heavy atom. The zero-order chi connectivity index (χ0) is 17.3. The molecule has 0 radical (unpaired) electrons. The fourth-order valence-electron chi connectivity index (χ4n) is 4.07. The van der Waals surface area contributed by atoms with Crippen molar-refractivity contribution in [1.29, 1.82) is 0 Å². The molecule has 134 valence electrons. The number of likely N-dealkylation sites (tertiary alicyclic amines) is 3. The monoisotopic (exact) mass is 336 g/mol. The van der Waals surface area contributed by atoms with E-state index in [4.69, 9.17) is 5.73 Å². The van der Waals surface area contributed by atoms with Crippen LogP contribution in [-0.4, -0.2) is 71.8 Å². The zero-order valence-electron chi connectivity index (χ0n) is 14.5. The molecule has 0 aromatic rings. The number of hydrogen-bond donors (Lipinski definition) is 1. The van der Waals surface area contributed by atoms with Crippen molar-refractivity contribution in [3.8, 4) is 0 Å². The maximum Gasteiger partial charge on any atom is 0.320 e. The van der Waals surface area contributed by atoms with Gasteiger partial charge >= 0.3 is 6.03 Å². The van der Waals surface area contributed by atoms with Crippen LogP contribution in [0.1, 0.15) is 39.0 Å². The van der Waals surface area contributed by atoms with E-state index in [9.17, 15) is 14.4 Å². The number of nitrogens with two attached hydrogens (primary N) is 1. The topological polar surface area (TPSA) is 87.0 Å². The number of rotatable bonds is 2. The smallest absolute Gasteiger partial charge is 0.320 e. The lowest BCUT2D eigenvalue weighted by Gasteiger charge is -2.36. The highest BCUT2D eigenvalue weighted by Gasteiger charge is 2.43. The van der Waals surface area contributed by atoms with E-state index in [1.54, 1.807) is 4.90 Å². The average molecular weight is 336 g/mol. The summed E-state index contributed by atoms with van der Waals surface area (Å²) in [6.07, 6.45) is 4.43. The van der Waals surface area contributed by atoms with Crippen molar-refractivity contribution in [2.24, 2.45) is 17.1 Å². The fourth-order valence-corrected chi connectivity index (χ4v) is 4.07. The minimum absolute atomic E-state index is 0.0684. The van der Waals surface area contributed by atoms with Gasteiger partial charge in [0.15, 0.2) is 0 Å². The van der Waals surface area contributed by atoms with Crippen molar-refractivity contribution in [3.05, 3.63) is 0 Å². The summed E-state index contributed by atoms with van der Waals surface area (Å²) in [5.74, 6) is -0.424. The first-order valence-electron chi connectivity index (χ1n) is 9.03. The molecule has 7 nitrogen and oxygen atoms in total. The highest BCUT2D eigenvalue weighted by atomic mass is 16.2. The number of hydrogen-bond acceptors (Lipinski definition) is 3. The van der Waals surface area contributed by atoms with Crippen LogP contribution in [0.5, 0.6) is 0 Å². The van der Waals surface area contributed by atoms with Crippen molar-refractivity contribution in [1.82, 2.24) is 14.7 Å². The van der Waals surface area contributed by atoms with Gasteiger partial charge in [0.1, 0.15) is 0 Å². The average Bonchev–Trinajstić information content (AvgIpc) is 3.24. The van der Waals surface area contributed by atoms with E-state index >= 15 is 0 Å². The largest absolute Gasteiger partial charge is 0.369 e. The van der Waals surface area contributed by atoms with Crippen LogP contribution in [0.25, 0.3) is 0 Å². The second kappa shape index (κ2) is 6.61. The Bertz CT molecular complexity index is 532. The molecule has 24 heavy (non-hydrogen) atoms. The predicted octanol–water partition coefficient (Wildman–Crippen LogP) is 0.638. The van der Waals surface area contributed by atoms with Gasteiger partial charge in [-0.1, -0.05) is 0 Å². The second-order valence-corrected chi connectivity index (χ2v) is 7.70. The zero-order valence-corrected chi connectivity index (χ0v) is 14.5. The van der Waals surface area contributed by atoms with Crippen molar-refractivity contribution in [2.45, 2.75) is 39.0 Å². The Morgan fingerprint density at radius 1 is 0.958 bits per heavy atom. The first-order chi connectivity index (χ1) is 11.4. The van der Waals surface area contributed by atoms with Gasteiger partial charge in [0.05, 0.1) is 11.3 Å². The molecule has 0 bridgehead atoms. The van der Waals surface area contributed by atoms with Crippen molar-refractivity contribution in [3.63, 3.8) is 0 Å². The molecule has 3 fully saturated rings. The van der Waals surface area contributed by atoms with E-state index in [1.807, 2.05) is 16.7 Å². The molecular weight excluding hydrogens is 308 g/mol. The van der Waals surface area contributed by atoms with Crippen LogP contribution in [0.15, 0.2) is 0 Å². The van der Waals surface area contributed by atoms with Gasteiger partial charge < -0.3 is 20.4 Å². The van der Waals surface area contributed by atoms with E-state index in [-0.39, 0.29) is 23.8 Å². The van der Waals surface area contributed by atoms with Crippen LogP contribution in [-0.2, 0) is 9.59 Å². The summed E-state index contributed by atoms with van der Waals surface area (Å²) in [5.41, 5.74) is 4.85. The SMILES string of the molecule is C[C@@]1(C(N)=O)CCN(C(=O)[C@@H]2CCCN(C(=O)N3CCCC3)C2)C1. The third-order valence-corrected chi connectivity index (χ3v) is 5.80. The standard InChI is InChI=1S/C17H28N4O3/c1-17(15(18)23)6-10-21(12-17)14(22)13-5-4-9-20(11-13)16(24)19-7-2-3-8-19/h13H,2-12H2,1H3,(H2,18,23)/t13-,17-/m1/s1. The third kappa shape index (κ3) is 3.21. The lowest BCUT2D eigenvalue weighted by Crippen LogP contribution is -2.50. The molecule has 2 atom stereocenters. The normalized spacial score (nSPS) is 30.7. The summed E-state index contributed by atoms with van der Waals surface area (Å²) in [6.45, 7) is 5.70. The van der Waals surface area contributed by atoms with Crippen LogP contribution < -0.4 is 5.73 Å². The molecule has 3 saturated heterocycles. The summed E-state index contributed by atoms with van der Waals surface area (Å²) in [5, 5.41) is 0. The molecule has 3 rings (SSSR count). The Morgan fingerprint density at radius 2 is 1.62 bits per heavy atom. The molecule has 0 aromatic carbocycles. The van der Waals surface area contributed by atoms with E-state index in [0.29, 0.717) is 26.1 Å². The van der Waals surface area contributed by atoms with Gasteiger partial charge in [0.25, 0.3) is 0 Å². The lowest BCUT2D eigenvalue weighted by atomic mass is 9.89. The van der Waals surface area contributed by atoms with Gasteiger partial charge in [-0.2, -0.15) is 0 Å². The van der Waals surface area contributed by atoms with E-state index in [0.717, 1.165) is 45.3 Å².